The predicted molar refractivity (Wildman–Crippen MR) is 63.9 cm³/mol. The first-order valence-corrected chi connectivity index (χ1v) is 4.84. The molecule has 0 nitrogen and oxygen atoms in total. The Hall–Kier alpha value is -1.11. The zero-order valence-corrected chi connectivity index (χ0v) is 9.95. The van der Waals surface area contributed by atoms with E-state index in [0.29, 0.717) is 11.1 Å². The van der Waals surface area contributed by atoms with Gasteiger partial charge in [-0.1, -0.05) is 38.7 Å². The summed E-state index contributed by atoms with van der Waals surface area (Å²) in [4.78, 5) is 0. The van der Waals surface area contributed by atoms with Gasteiger partial charge in [-0.3, -0.25) is 0 Å². The Morgan fingerprint density at radius 1 is 1.14 bits per heavy atom. The lowest BCUT2D eigenvalue weighted by Crippen LogP contribution is -1.84. The third-order valence-corrected chi connectivity index (χ3v) is 1.58. The largest absolute Gasteiger partial charge is 0.207 e. The monoisotopic (exact) mass is 196 g/mol. The van der Waals surface area contributed by atoms with Crippen molar-refractivity contribution in [1.82, 2.24) is 0 Å². The van der Waals surface area contributed by atoms with E-state index in [1.807, 2.05) is 33.8 Å². The van der Waals surface area contributed by atoms with Crippen molar-refractivity contribution in [2.24, 2.45) is 0 Å². The molecule has 1 heteroatoms. The van der Waals surface area contributed by atoms with Crippen LogP contribution in [0.3, 0.4) is 0 Å². The lowest BCUT2D eigenvalue weighted by Gasteiger charge is -2.02. The zero-order valence-electron chi connectivity index (χ0n) is 9.95. The molecular weight excluding hydrogens is 175 g/mol. The summed E-state index contributed by atoms with van der Waals surface area (Å²) in [6.45, 7) is 16.5. The van der Waals surface area contributed by atoms with E-state index in [1.54, 1.807) is 13.0 Å². The van der Waals surface area contributed by atoms with Crippen molar-refractivity contribution in [3.63, 3.8) is 0 Å². The maximum atomic E-state index is 12.8. The van der Waals surface area contributed by atoms with Crippen LogP contribution in [0.4, 0.5) is 4.39 Å². The zero-order chi connectivity index (χ0) is 11.7. The summed E-state index contributed by atoms with van der Waals surface area (Å²) in [5.74, 6) is -0.427. The van der Waals surface area contributed by atoms with Gasteiger partial charge < -0.3 is 0 Å². The highest BCUT2D eigenvalue weighted by Gasteiger charge is 2.01. The number of halogens is 1. The van der Waals surface area contributed by atoms with Gasteiger partial charge in [0.1, 0.15) is 5.83 Å². The Bertz CT molecular complexity index is 238. The average molecular weight is 196 g/mol. The topological polar surface area (TPSA) is 0 Å². The first kappa shape index (κ1) is 15.4. The van der Waals surface area contributed by atoms with Gasteiger partial charge in [-0.25, -0.2) is 4.39 Å². The Balaban J connectivity index is 0. The van der Waals surface area contributed by atoms with Crippen molar-refractivity contribution in [1.29, 1.82) is 0 Å². The third-order valence-electron chi connectivity index (χ3n) is 1.58. The lowest BCUT2D eigenvalue weighted by molar-refractivity contribution is 0.658. The van der Waals surface area contributed by atoms with Gasteiger partial charge in [-0.15, -0.1) is 0 Å². The molecule has 0 aromatic rings. The van der Waals surface area contributed by atoms with Crippen molar-refractivity contribution in [3.8, 4) is 0 Å². The molecule has 0 atom stereocenters. The highest BCUT2D eigenvalue weighted by molar-refractivity contribution is 5.43. The van der Waals surface area contributed by atoms with E-state index in [-0.39, 0.29) is 0 Å². The summed E-state index contributed by atoms with van der Waals surface area (Å²) < 4.78 is 12.8. The van der Waals surface area contributed by atoms with Crippen molar-refractivity contribution in [2.75, 3.05) is 0 Å². The quantitative estimate of drug-likeness (QED) is 0.559. The van der Waals surface area contributed by atoms with Crippen LogP contribution >= 0.6 is 0 Å². The molecule has 0 fully saturated rings. The van der Waals surface area contributed by atoms with Gasteiger partial charge in [0.05, 0.1) is 0 Å². The molecule has 0 amide bonds. The second-order valence-electron chi connectivity index (χ2n) is 2.78. The predicted octanol–water partition coefficient (Wildman–Crippen LogP) is 4.96. The van der Waals surface area contributed by atoms with Crippen LogP contribution in [-0.2, 0) is 0 Å². The molecule has 0 aromatic carbocycles. The molecule has 0 radical (unpaired) electrons. The molecule has 0 rings (SSSR count). The van der Waals surface area contributed by atoms with E-state index in [0.717, 1.165) is 5.57 Å². The highest BCUT2D eigenvalue weighted by Crippen LogP contribution is 2.19. The standard InChI is InChI=1S/C11H15F.C2H6/c1-6-9(4)7-11(8(2)3)10(5)12;1-2/h6-7H,2,5H2,1,3-4H3;1-2H3/b9-6-,11-7+;. The van der Waals surface area contributed by atoms with Crippen LogP contribution in [0.15, 0.2) is 47.9 Å². The number of rotatable bonds is 3. The Kier molecular flexibility index (Phi) is 9.31. The molecule has 0 aliphatic rings. The minimum absolute atomic E-state index is 0.427. The van der Waals surface area contributed by atoms with Crippen LogP contribution < -0.4 is 0 Å². The molecule has 14 heavy (non-hydrogen) atoms. The van der Waals surface area contributed by atoms with Gasteiger partial charge in [0.2, 0.25) is 0 Å². The van der Waals surface area contributed by atoms with Gasteiger partial charge in [0.15, 0.2) is 0 Å². The fraction of sp³-hybridized carbons (Fsp3) is 0.385. The minimum Gasteiger partial charge on any atom is -0.207 e. The summed E-state index contributed by atoms with van der Waals surface area (Å²) >= 11 is 0. The molecule has 0 saturated heterocycles. The maximum absolute atomic E-state index is 12.8. The fourth-order valence-electron chi connectivity index (χ4n) is 0.744. The second kappa shape index (κ2) is 8.49. The van der Waals surface area contributed by atoms with Crippen LogP contribution in [0, 0.1) is 0 Å². The van der Waals surface area contributed by atoms with Crippen LogP contribution in [-0.4, -0.2) is 0 Å². The van der Waals surface area contributed by atoms with Crippen molar-refractivity contribution in [2.45, 2.75) is 34.6 Å². The fourth-order valence-corrected chi connectivity index (χ4v) is 0.744. The maximum Gasteiger partial charge on any atom is 0.123 e. The normalized spacial score (nSPS) is 11.6. The van der Waals surface area contributed by atoms with E-state index < -0.39 is 5.83 Å². The summed E-state index contributed by atoms with van der Waals surface area (Å²) in [5.41, 5.74) is 2.20. The summed E-state index contributed by atoms with van der Waals surface area (Å²) in [6.07, 6.45) is 3.65. The van der Waals surface area contributed by atoms with E-state index in [4.69, 9.17) is 0 Å². The van der Waals surface area contributed by atoms with Crippen LogP contribution in [0.1, 0.15) is 34.6 Å². The van der Waals surface area contributed by atoms with E-state index in [9.17, 15) is 4.39 Å². The smallest absolute Gasteiger partial charge is 0.123 e. The molecule has 0 aromatic heterocycles. The van der Waals surface area contributed by atoms with Crippen LogP contribution in [0.2, 0.25) is 0 Å². The van der Waals surface area contributed by atoms with Gasteiger partial charge in [-0.05, 0) is 32.4 Å². The van der Waals surface area contributed by atoms with Crippen LogP contribution in [0.25, 0.3) is 0 Å². The molecule has 0 bridgehead atoms. The summed E-state index contributed by atoms with van der Waals surface area (Å²) in [6, 6.07) is 0. The van der Waals surface area contributed by atoms with Crippen LogP contribution in [0.5, 0.6) is 0 Å². The Morgan fingerprint density at radius 2 is 1.57 bits per heavy atom. The molecule has 0 heterocycles. The van der Waals surface area contributed by atoms with E-state index >= 15 is 0 Å². The number of hydrogen-bond acceptors (Lipinski definition) is 0. The summed E-state index contributed by atoms with van der Waals surface area (Å²) in [5, 5.41) is 0. The Morgan fingerprint density at radius 3 is 1.79 bits per heavy atom. The van der Waals surface area contributed by atoms with Gasteiger partial charge >= 0.3 is 0 Å². The SMILES string of the molecule is C=C(C)/C(=C\C(C)=C/C)C(=C)F.CC. The first-order valence-electron chi connectivity index (χ1n) is 4.84. The number of hydrogen-bond donors (Lipinski definition) is 0. The van der Waals surface area contributed by atoms with E-state index in [2.05, 4.69) is 13.2 Å². The second-order valence-corrected chi connectivity index (χ2v) is 2.78. The average Bonchev–Trinajstić information content (AvgIpc) is 2.15. The molecule has 0 spiro atoms. The van der Waals surface area contributed by atoms with Gasteiger partial charge in [0.25, 0.3) is 0 Å². The molecule has 0 N–H and O–H groups in total. The lowest BCUT2D eigenvalue weighted by atomic mass is 10.1. The highest BCUT2D eigenvalue weighted by atomic mass is 19.1. The van der Waals surface area contributed by atoms with Crippen molar-refractivity contribution >= 4 is 0 Å². The molecular formula is C13H21F. The van der Waals surface area contributed by atoms with E-state index in [1.165, 1.54) is 0 Å². The van der Waals surface area contributed by atoms with Gasteiger partial charge in [0, 0.05) is 5.57 Å². The molecule has 80 valence electrons. The van der Waals surface area contributed by atoms with Crippen molar-refractivity contribution < 1.29 is 4.39 Å². The summed E-state index contributed by atoms with van der Waals surface area (Å²) in [7, 11) is 0. The number of allylic oxidation sites excluding steroid dienone is 6. The van der Waals surface area contributed by atoms with Crippen molar-refractivity contribution in [3.05, 3.63) is 47.9 Å². The molecule has 0 aliphatic carbocycles. The minimum atomic E-state index is -0.427. The van der Waals surface area contributed by atoms with Gasteiger partial charge in [-0.2, -0.15) is 0 Å². The molecule has 0 aliphatic heterocycles. The Labute approximate surface area is 87.5 Å². The molecule has 0 unspecified atom stereocenters. The molecule has 0 saturated carbocycles. The first-order chi connectivity index (χ1) is 6.49. The third kappa shape index (κ3) is 6.41.